The summed E-state index contributed by atoms with van der Waals surface area (Å²) >= 11 is 0. The molecule has 3 rings (SSSR count). The van der Waals surface area contributed by atoms with Crippen LogP contribution in [0.5, 0.6) is 0 Å². The van der Waals surface area contributed by atoms with Gasteiger partial charge in [0.05, 0.1) is 37.1 Å². The van der Waals surface area contributed by atoms with E-state index in [9.17, 15) is 13.2 Å². The minimum absolute atomic E-state index is 0.000209. The second-order valence-electron chi connectivity index (χ2n) is 7.03. The molecule has 1 aromatic rings. The highest BCUT2D eigenvalue weighted by molar-refractivity contribution is 7.85. The van der Waals surface area contributed by atoms with Gasteiger partial charge in [-0.1, -0.05) is 0 Å². The van der Waals surface area contributed by atoms with E-state index in [1.807, 2.05) is 17.0 Å². The van der Waals surface area contributed by atoms with Crippen LogP contribution in [0.25, 0.3) is 0 Å². The van der Waals surface area contributed by atoms with Gasteiger partial charge in [-0.25, -0.2) is 4.98 Å². The third-order valence-corrected chi connectivity index (χ3v) is 5.46. The Morgan fingerprint density at radius 1 is 1.29 bits per heavy atom. The van der Waals surface area contributed by atoms with E-state index in [0.717, 1.165) is 18.5 Å². The molecule has 0 aliphatic carbocycles. The Bertz CT molecular complexity index is 829. The lowest BCUT2D eigenvalue weighted by molar-refractivity contribution is -0.134. The summed E-state index contributed by atoms with van der Waals surface area (Å²) in [5.74, 6) is 0.848. The fourth-order valence-electron chi connectivity index (χ4n) is 3.40. The van der Waals surface area contributed by atoms with Gasteiger partial charge in [-0.3, -0.25) is 8.98 Å². The van der Waals surface area contributed by atoms with Crippen molar-refractivity contribution in [3.63, 3.8) is 0 Å². The maximum absolute atomic E-state index is 12.6. The van der Waals surface area contributed by atoms with Crippen LogP contribution in [0, 0.1) is 11.3 Å². The van der Waals surface area contributed by atoms with Crippen molar-refractivity contribution in [1.82, 2.24) is 9.88 Å². The van der Waals surface area contributed by atoms with E-state index >= 15 is 0 Å². The van der Waals surface area contributed by atoms with Gasteiger partial charge in [0.25, 0.3) is 10.1 Å². The van der Waals surface area contributed by atoms with Crippen LogP contribution in [0.3, 0.4) is 0 Å². The SMILES string of the molecule is CS(=O)(=O)OCC1CCC(CC(=O)N2CCN(c3ccc(C#N)cn3)CC2)O1. The number of carbonyl (C=O) groups excluding carboxylic acids is 1. The number of pyridine rings is 1. The van der Waals surface area contributed by atoms with Gasteiger partial charge in [0.1, 0.15) is 11.9 Å². The quantitative estimate of drug-likeness (QED) is 0.626. The molecule has 0 aromatic carbocycles. The molecule has 1 amide bonds. The van der Waals surface area contributed by atoms with Crippen molar-refractivity contribution in [3.05, 3.63) is 23.9 Å². The number of amides is 1. The second-order valence-corrected chi connectivity index (χ2v) is 8.68. The molecule has 0 N–H and O–H groups in total. The van der Waals surface area contributed by atoms with E-state index < -0.39 is 10.1 Å². The summed E-state index contributed by atoms with van der Waals surface area (Å²) in [5, 5.41) is 8.84. The lowest BCUT2D eigenvalue weighted by Crippen LogP contribution is -2.49. The van der Waals surface area contributed by atoms with E-state index in [-0.39, 0.29) is 24.7 Å². The molecule has 2 saturated heterocycles. The second kappa shape index (κ2) is 8.86. The minimum atomic E-state index is -3.48. The van der Waals surface area contributed by atoms with E-state index in [4.69, 9.17) is 14.2 Å². The molecule has 2 atom stereocenters. The molecule has 0 bridgehead atoms. The van der Waals surface area contributed by atoms with Crippen LogP contribution < -0.4 is 4.90 Å². The first kappa shape index (κ1) is 20.5. The fraction of sp³-hybridized carbons (Fsp3) is 0.611. The van der Waals surface area contributed by atoms with Gasteiger partial charge in [0.15, 0.2) is 0 Å². The summed E-state index contributed by atoms with van der Waals surface area (Å²) in [6.45, 7) is 2.57. The minimum Gasteiger partial charge on any atom is -0.372 e. The molecule has 0 radical (unpaired) electrons. The molecule has 1 aromatic heterocycles. The normalized spacial score (nSPS) is 22.9. The van der Waals surface area contributed by atoms with Crippen molar-refractivity contribution in [3.8, 4) is 6.07 Å². The smallest absolute Gasteiger partial charge is 0.264 e. The van der Waals surface area contributed by atoms with Gasteiger partial charge in [-0.15, -0.1) is 0 Å². The number of ether oxygens (including phenoxy) is 1. The lowest BCUT2D eigenvalue weighted by Gasteiger charge is -2.35. The number of anilines is 1. The first-order valence-corrected chi connectivity index (χ1v) is 11.0. The van der Waals surface area contributed by atoms with E-state index in [0.29, 0.717) is 44.6 Å². The van der Waals surface area contributed by atoms with Crippen molar-refractivity contribution < 1.29 is 22.1 Å². The van der Waals surface area contributed by atoms with Crippen LogP contribution in [-0.2, 0) is 23.8 Å². The van der Waals surface area contributed by atoms with Gasteiger partial charge in [-0.05, 0) is 25.0 Å². The average molecular weight is 408 g/mol. The highest BCUT2D eigenvalue weighted by atomic mass is 32.2. The van der Waals surface area contributed by atoms with Gasteiger partial charge >= 0.3 is 0 Å². The molecule has 10 heteroatoms. The predicted octanol–water partition coefficient (Wildman–Crippen LogP) is 0.516. The fourth-order valence-corrected chi connectivity index (χ4v) is 3.80. The number of aromatic nitrogens is 1. The van der Waals surface area contributed by atoms with Gasteiger partial charge in [0.2, 0.25) is 5.91 Å². The van der Waals surface area contributed by atoms with E-state index in [1.165, 1.54) is 0 Å². The van der Waals surface area contributed by atoms with E-state index in [1.54, 1.807) is 12.3 Å². The van der Waals surface area contributed by atoms with Crippen molar-refractivity contribution in [1.29, 1.82) is 5.26 Å². The Labute approximate surface area is 165 Å². The van der Waals surface area contributed by atoms with Crippen LogP contribution >= 0.6 is 0 Å². The molecular formula is C18H24N4O5S. The average Bonchev–Trinajstić information content (AvgIpc) is 3.13. The maximum atomic E-state index is 12.6. The molecule has 28 heavy (non-hydrogen) atoms. The lowest BCUT2D eigenvalue weighted by atomic mass is 10.1. The molecular weight excluding hydrogens is 384 g/mol. The highest BCUT2D eigenvalue weighted by Crippen LogP contribution is 2.24. The zero-order valence-corrected chi connectivity index (χ0v) is 16.6. The zero-order chi connectivity index (χ0) is 20.1. The number of piperazine rings is 1. The molecule has 2 fully saturated rings. The molecule has 0 spiro atoms. The Hall–Kier alpha value is -2.22. The van der Waals surface area contributed by atoms with Crippen LogP contribution in [0.2, 0.25) is 0 Å². The van der Waals surface area contributed by atoms with Gasteiger partial charge < -0.3 is 14.5 Å². The molecule has 3 heterocycles. The number of hydrogen-bond acceptors (Lipinski definition) is 8. The van der Waals surface area contributed by atoms with Crippen LogP contribution in [0.4, 0.5) is 5.82 Å². The Morgan fingerprint density at radius 2 is 2.00 bits per heavy atom. The molecule has 2 aliphatic heterocycles. The third kappa shape index (κ3) is 5.64. The van der Waals surface area contributed by atoms with Crippen LogP contribution in [-0.4, -0.2) is 75.5 Å². The van der Waals surface area contributed by atoms with Crippen LogP contribution in [0.1, 0.15) is 24.8 Å². The van der Waals surface area contributed by atoms with Gasteiger partial charge in [-0.2, -0.15) is 13.7 Å². The molecule has 2 unspecified atom stereocenters. The Morgan fingerprint density at radius 3 is 2.61 bits per heavy atom. The van der Waals surface area contributed by atoms with E-state index in [2.05, 4.69) is 9.88 Å². The standard InChI is InChI=1S/C18H24N4O5S/c1-28(24,25)26-13-16-4-3-15(27-16)10-18(23)22-8-6-21(7-9-22)17-5-2-14(11-19)12-20-17/h2,5,12,15-16H,3-4,6-10,13H2,1H3. The summed E-state index contributed by atoms with van der Waals surface area (Å²) < 4.78 is 32.6. The Kier molecular flexibility index (Phi) is 6.49. The topological polar surface area (TPSA) is 113 Å². The third-order valence-electron chi connectivity index (χ3n) is 4.90. The summed E-state index contributed by atoms with van der Waals surface area (Å²) in [7, 11) is -3.48. The summed E-state index contributed by atoms with van der Waals surface area (Å²) in [5.41, 5.74) is 0.523. The molecule has 9 nitrogen and oxygen atoms in total. The van der Waals surface area contributed by atoms with Crippen LogP contribution in [0.15, 0.2) is 18.3 Å². The van der Waals surface area contributed by atoms with Crippen molar-refractivity contribution in [2.45, 2.75) is 31.5 Å². The van der Waals surface area contributed by atoms with Gasteiger partial charge in [0, 0.05) is 32.4 Å². The number of hydrogen-bond donors (Lipinski definition) is 0. The summed E-state index contributed by atoms with van der Waals surface area (Å²) in [4.78, 5) is 20.8. The Balaban J connectivity index is 1.42. The zero-order valence-electron chi connectivity index (χ0n) is 15.8. The summed E-state index contributed by atoms with van der Waals surface area (Å²) in [6.07, 6.45) is 3.78. The number of carbonyl (C=O) groups is 1. The maximum Gasteiger partial charge on any atom is 0.264 e. The molecule has 2 aliphatic rings. The first-order valence-electron chi connectivity index (χ1n) is 9.23. The number of nitriles is 1. The van der Waals surface area contributed by atoms with Crippen molar-refractivity contribution in [2.24, 2.45) is 0 Å². The van der Waals surface area contributed by atoms with Crippen molar-refractivity contribution >= 4 is 21.8 Å². The first-order chi connectivity index (χ1) is 13.3. The monoisotopic (exact) mass is 408 g/mol. The number of nitrogens with zero attached hydrogens (tertiary/aromatic N) is 4. The summed E-state index contributed by atoms with van der Waals surface area (Å²) in [6, 6.07) is 5.61. The number of rotatable bonds is 6. The predicted molar refractivity (Wildman–Crippen MR) is 101 cm³/mol. The molecule has 152 valence electrons. The molecule has 0 saturated carbocycles. The largest absolute Gasteiger partial charge is 0.372 e. The highest BCUT2D eigenvalue weighted by Gasteiger charge is 2.30. The van der Waals surface area contributed by atoms with Crippen molar-refractivity contribution in [2.75, 3.05) is 43.9 Å².